The van der Waals surface area contributed by atoms with Gasteiger partial charge in [-0.25, -0.2) is 0 Å². The minimum absolute atomic E-state index is 0.109. The van der Waals surface area contributed by atoms with Crippen LogP contribution in [0.4, 0.5) is 17.1 Å². The zero-order chi connectivity index (χ0) is 40.3. The van der Waals surface area contributed by atoms with Crippen molar-refractivity contribution in [3.05, 3.63) is 210 Å². The van der Waals surface area contributed by atoms with Crippen molar-refractivity contribution in [3.8, 4) is 44.5 Å². The highest BCUT2D eigenvalue weighted by Gasteiger charge is 2.38. The van der Waals surface area contributed by atoms with Crippen LogP contribution in [0.15, 0.2) is 192 Å². The lowest BCUT2D eigenvalue weighted by atomic mass is 9.80. The maximum Gasteiger partial charge on any atom is 0.143 e. The summed E-state index contributed by atoms with van der Waals surface area (Å²) in [6, 6.07) is 69.2. The molecule has 10 aromatic rings. The Kier molecular flexibility index (Phi) is 7.36. The van der Waals surface area contributed by atoms with Gasteiger partial charge < -0.3 is 9.32 Å². The molecule has 0 bridgehead atoms. The van der Waals surface area contributed by atoms with Crippen LogP contribution in [-0.4, -0.2) is 0 Å². The van der Waals surface area contributed by atoms with Gasteiger partial charge in [-0.05, 0) is 127 Å². The zero-order valence-electron chi connectivity index (χ0n) is 34.3. The first kappa shape index (κ1) is 34.8. The van der Waals surface area contributed by atoms with Crippen molar-refractivity contribution in [2.45, 2.75) is 38.5 Å². The van der Waals surface area contributed by atoms with Crippen molar-refractivity contribution in [2.75, 3.05) is 4.90 Å². The summed E-state index contributed by atoms with van der Waals surface area (Å²) < 4.78 is 6.81. The number of nitrogens with zero attached hydrogens (tertiary/aromatic N) is 1. The monoisotopic (exact) mass is 769 g/mol. The highest BCUT2D eigenvalue weighted by molar-refractivity contribution is 6.23. The van der Waals surface area contributed by atoms with Gasteiger partial charge in [0.2, 0.25) is 0 Å². The van der Waals surface area contributed by atoms with E-state index >= 15 is 0 Å². The largest absolute Gasteiger partial charge is 0.455 e. The third-order valence-electron chi connectivity index (χ3n) is 13.7. The molecule has 0 unspecified atom stereocenters. The molecule has 0 fully saturated rings. The molecule has 0 aliphatic heterocycles. The van der Waals surface area contributed by atoms with E-state index in [1.807, 2.05) is 0 Å². The molecule has 286 valence electrons. The molecule has 0 amide bonds. The number of anilines is 3. The Labute approximate surface area is 351 Å². The van der Waals surface area contributed by atoms with Crippen LogP contribution >= 0.6 is 0 Å². The summed E-state index contributed by atoms with van der Waals surface area (Å²) in [5.74, 6) is 0. The second-order valence-corrected chi connectivity index (χ2v) is 17.7. The smallest absolute Gasteiger partial charge is 0.143 e. The molecular weight excluding hydrogens is 727 g/mol. The van der Waals surface area contributed by atoms with Crippen LogP contribution < -0.4 is 4.90 Å². The van der Waals surface area contributed by atoms with Crippen molar-refractivity contribution < 1.29 is 4.42 Å². The quantitative estimate of drug-likeness (QED) is 0.173. The molecule has 0 radical (unpaired) electrons. The van der Waals surface area contributed by atoms with Crippen LogP contribution in [0.3, 0.4) is 0 Å². The van der Waals surface area contributed by atoms with Gasteiger partial charge in [-0.2, -0.15) is 0 Å². The molecule has 0 saturated heterocycles. The van der Waals surface area contributed by atoms with Gasteiger partial charge in [0, 0.05) is 44.1 Å². The van der Waals surface area contributed by atoms with Gasteiger partial charge in [-0.1, -0.05) is 161 Å². The number of rotatable bonds is 5. The molecule has 9 aromatic carbocycles. The first-order valence-corrected chi connectivity index (χ1v) is 21.1. The van der Waals surface area contributed by atoms with Crippen molar-refractivity contribution >= 4 is 49.8 Å². The average molecular weight is 770 g/mol. The molecule has 1 aromatic heterocycles. The van der Waals surface area contributed by atoms with Crippen LogP contribution in [0.2, 0.25) is 0 Å². The first-order valence-electron chi connectivity index (χ1n) is 21.1. The Morgan fingerprint density at radius 3 is 1.67 bits per heavy atom. The summed E-state index contributed by atoms with van der Waals surface area (Å²) in [7, 11) is 0. The summed E-state index contributed by atoms with van der Waals surface area (Å²) in [6.07, 6.45) is 0. The fourth-order valence-corrected chi connectivity index (χ4v) is 10.6. The number of fused-ring (bicyclic) bond motifs is 12. The van der Waals surface area contributed by atoms with Gasteiger partial charge in [0.25, 0.3) is 0 Å². The topological polar surface area (TPSA) is 16.4 Å². The summed E-state index contributed by atoms with van der Waals surface area (Å²) in [4.78, 5) is 2.41. The molecule has 2 heteroatoms. The third-order valence-corrected chi connectivity index (χ3v) is 13.7. The summed E-state index contributed by atoms with van der Waals surface area (Å²) in [5, 5.41) is 4.71. The predicted octanol–water partition coefficient (Wildman–Crippen LogP) is 16.2. The van der Waals surface area contributed by atoms with Gasteiger partial charge in [-0.3, -0.25) is 0 Å². The molecule has 12 rings (SSSR count). The Morgan fingerprint density at radius 2 is 0.917 bits per heavy atom. The Hall–Kier alpha value is -7.16. The zero-order valence-corrected chi connectivity index (χ0v) is 34.3. The number of furan rings is 1. The van der Waals surface area contributed by atoms with Gasteiger partial charge in [-0.15, -0.1) is 0 Å². The standard InChI is InChI=1S/C58H43NO/c1-57(2)49-19-11-8-16-42(49)43-31-30-41(34-51(43)57)59(39-26-22-37(23-27-39)36-14-6-5-7-15-36)40-28-24-38(25-29-40)48-35-52-54(47-18-9-12-20-50(47)58(52,3)4)55-45(48)32-33-46-44-17-10-13-21-53(44)60-56(46)55/h5-35H,1-4H3. The summed E-state index contributed by atoms with van der Waals surface area (Å²) in [6.45, 7) is 9.45. The van der Waals surface area contributed by atoms with E-state index in [1.165, 1.54) is 77.5 Å². The fourth-order valence-electron chi connectivity index (χ4n) is 10.6. The SMILES string of the molecule is CC1(C)c2ccccc2-c2ccc(N(c3ccc(-c4ccccc4)cc3)c3ccc(-c4cc5c(c6c4ccc4c7ccccc7oc46)-c4ccccc4C5(C)C)cc3)cc21. The third kappa shape index (κ3) is 4.94. The predicted molar refractivity (Wildman–Crippen MR) is 252 cm³/mol. The van der Waals surface area contributed by atoms with E-state index in [0.29, 0.717) is 0 Å². The summed E-state index contributed by atoms with van der Waals surface area (Å²) in [5.41, 5.74) is 20.5. The molecule has 60 heavy (non-hydrogen) atoms. The minimum Gasteiger partial charge on any atom is -0.455 e. The number of hydrogen-bond donors (Lipinski definition) is 0. The van der Waals surface area contributed by atoms with Crippen molar-refractivity contribution in [1.29, 1.82) is 0 Å². The summed E-state index contributed by atoms with van der Waals surface area (Å²) >= 11 is 0. The lowest BCUT2D eigenvalue weighted by Crippen LogP contribution is -2.16. The Morgan fingerprint density at radius 1 is 0.367 bits per heavy atom. The van der Waals surface area contributed by atoms with Gasteiger partial charge in [0.05, 0.1) is 0 Å². The highest BCUT2D eigenvalue weighted by atomic mass is 16.3. The average Bonchev–Trinajstić information content (AvgIpc) is 3.87. The molecule has 0 spiro atoms. The number of hydrogen-bond acceptors (Lipinski definition) is 2. The van der Waals surface area contributed by atoms with Crippen molar-refractivity contribution in [3.63, 3.8) is 0 Å². The molecule has 1 heterocycles. The van der Waals surface area contributed by atoms with E-state index in [1.54, 1.807) is 0 Å². The Bertz CT molecular complexity index is 3350. The number of benzene rings is 9. The fraction of sp³-hybridized carbons (Fsp3) is 0.103. The lowest BCUT2D eigenvalue weighted by molar-refractivity contribution is 0.660. The number of para-hydroxylation sites is 1. The molecule has 2 aliphatic carbocycles. The maximum atomic E-state index is 6.81. The van der Waals surface area contributed by atoms with E-state index in [4.69, 9.17) is 4.42 Å². The van der Waals surface area contributed by atoms with E-state index in [-0.39, 0.29) is 10.8 Å². The van der Waals surface area contributed by atoms with Crippen LogP contribution in [-0.2, 0) is 10.8 Å². The van der Waals surface area contributed by atoms with Crippen LogP contribution in [0, 0.1) is 0 Å². The molecule has 0 saturated carbocycles. The van der Waals surface area contributed by atoms with Crippen LogP contribution in [0.5, 0.6) is 0 Å². The van der Waals surface area contributed by atoms with E-state index in [0.717, 1.165) is 39.0 Å². The Balaban J connectivity index is 1.04. The van der Waals surface area contributed by atoms with E-state index < -0.39 is 0 Å². The van der Waals surface area contributed by atoms with Gasteiger partial charge >= 0.3 is 0 Å². The first-order chi connectivity index (χ1) is 29.3. The normalized spacial score (nSPS) is 14.3. The second kappa shape index (κ2) is 12.7. The molecule has 2 nitrogen and oxygen atoms in total. The van der Waals surface area contributed by atoms with Crippen molar-refractivity contribution in [1.82, 2.24) is 0 Å². The molecular formula is C58H43NO. The van der Waals surface area contributed by atoms with Gasteiger partial charge in [0.1, 0.15) is 11.2 Å². The molecule has 2 aliphatic rings. The minimum atomic E-state index is -0.174. The van der Waals surface area contributed by atoms with Gasteiger partial charge in [0.15, 0.2) is 0 Å². The van der Waals surface area contributed by atoms with Crippen LogP contribution in [0.1, 0.15) is 49.9 Å². The van der Waals surface area contributed by atoms with Crippen molar-refractivity contribution in [2.24, 2.45) is 0 Å². The molecule has 0 N–H and O–H groups in total. The molecule has 0 atom stereocenters. The maximum absolute atomic E-state index is 6.81. The van der Waals surface area contributed by atoms with E-state index in [2.05, 4.69) is 221 Å². The lowest BCUT2D eigenvalue weighted by Gasteiger charge is -2.28. The van der Waals surface area contributed by atoms with Crippen LogP contribution in [0.25, 0.3) is 77.2 Å². The highest BCUT2D eigenvalue weighted by Crippen LogP contribution is 2.55. The second-order valence-electron chi connectivity index (χ2n) is 17.7. The van der Waals surface area contributed by atoms with E-state index in [9.17, 15) is 0 Å².